The molecule has 1 aliphatic rings. The molecule has 0 unspecified atom stereocenters. The molecule has 1 fully saturated rings. The van der Waals surface area contributed by atoms with E-state index < -0.39 is 0 Å². The lowest BCUT2D eigenvalue weighted by Crippen LogP contribution is -2.34. The number of hydrogen-bond acceptors (Lipinski definition) is 3. The number of ether oxygens (including phenoxy) is 2. The van der Waals surface area contributed by atoms with E-state index in [1.807, 2.05) is 49.4 Å². The zero-order valence-corrected chi connectivity index (χ0v) is 17.4. The van der Waals surface area contributed by atoms with Gasteiger partial charge in [-0.25, -0.2) is 0 Å². The van der Waals surface area contributed by atoms with E-state index in [0.717, 1.165) is 45.2 Å². The average molecular weight is 434 g/mol. The van der Waals surface area contributed by atoms with Crippen molar-refractivity contribution in [3.63, 3.8) is 0 Å². The van der Waals surface area contributed by atoms with Crippen LogP contribution in [0.3, 0.4) is 0 Å². The number of benzene rings is 2. The third-order valence-corrected chi connectivity index (χ3v) is 5.46. The lowest BCUT2D eigenvalue weighted by atomic mass is 10.1. The van der Waals surface area contributed by atoms with Crippen LogP contribution in [-0.4, -0.2) is 29.6 Å². The van der Waals surface area contributed by atoms with Crippen molar-refractivity contribution in [3.05, 3.63) is 58.1 Å². The molecule has 2 aromatic rings. The summed E-state index contributed by atoms with van der Waals surface area (Å²) in [5.41, 5.74) is 2.14. The normalized spacial score (nSPS) is 14.2. The summed E-state index contributed by atoms with van der Waals surface area (Å²) >= 11 is 9.16. The zero-order chi connectivity index (χ0) is 18.4. The molecule has 0 saturated carbocycles. The van der Waals surface area contributed by atoms with Gasteiger partial charge in [0.25, 0.3) is 0 Å². The average Bonchev–Trinajstić information content (AvgIpc) is 2.68. The Kier molecular flexibility index (Phi) is 6.92. The highest BCUT2D eigenvalue weighted by Crippen LogP contribution is 2.30. The minimum absolute atomic E-state index is 0.503. The Hall–Kier alpha value is -1.59. The second-order valence-electron chi connectivity index (χ2n) is 6.36. The van der Waals surface area contributed by atoms with Crippen molar-refractivity contribution < 1.29 is 9.47 Å². The lowest BCUT2D eigenvalue weighted by Gasteiger charge is -2.29. The Morgan fingerprint density at radius 2 is 1.73 bits per heavy atom. The van der Waals surface area contributed by atoms with E-state index in [1.165, 1.54) is 19.3 Å². The monoisotopic (exact) mass is 433 g/mol. The van der Waals surface area contributed by atoms with Gasteiger partial charge in [0.2, 0.25) is 0 Å². The summed E-state index contributed by atoms with van der Waals surface area (Å²) in [4.78, 5) is 3.21. The molecule has 5 heteroatoms. The number of nitrogens with zero attached hydrogens (tertiary/aromatic N) is 1. The topological polar surface area (TPSA) is 21.7 Å². The van der Waals surface area contributed by atoms with Gasteiger partial charge in [-0.15, -0.1) is 0 Å². The summed E-state index contributed by atoms with van der Waals surface area (Å²) in [6, 6.07) is 14.1. The fourth-order valence-corrected chi connectivity index (χ4v) is 3.62. The fraction of sp³-hybridized carbons (Fsp3) is 0.381. The van der Waals surface area contributed by atoms with Gasteiger partial charge in [0.1, 0.15) is 11.6 Å². The molecule has 0 N–H and O–H groups in total. The van der Waals surface area contributed by atoms with Crippen LogP contribution in [0.15, 0.2) is 46.9 Å². The van der Waals surface area contributed by atoms with Gasteiger partial charge >= 0.3 is 0 Å². The Balaban J connectivity index is 1.73. The summed E-state index contributed by atoms with van der Waals surface area (Å²) in [5.74, 6) is 1.50. The van der Waals surface area contributed by atoms with Crippen LogP contribution in [0.1, 0.15) is 37.3 Å². The number of rotatable bonds is 6. The smallest absolute Gasteiger partial charge is 0.161 e. The van der Waals surface area contributed by atoms with Gasteiger partial charge in [0.15, 0.2) is 11.5 Å². The first-order valence-corrected chi connectivity index (χ1v) is 10.3. The van der Waals surface area contributed by atoms with Gasteiger partial charge < -0.3 is 14.4 Å². The predicted octanol–water partition coefficient (Wildman–Crippen LogP) is 5.59. The second kappa shape index (κ2) is 9.38. The molecule has 3 nitrogen and oxygen atoms in total. The van der Waals surface area contributed by atoms with Crippen molar-refractivity contribution in [3.8, 4) is 11.5 Å². The van der Waals surface area contributed by atoms with Gasteiger partial charge in [-0.3, -0.25) is 0 Å². The largest absolute Gasteiger partial charge is 0.490 e. The molecular formula is C21H24BrNO2S. The first kappa shape index (κ1) is 19.2. The number of piperidine rings is 1. The van der Waals surface area contributed by atoms with Gasteiger partial charge in [-0.2, -0.15) is 0 Å². The van der Waals surface area contributed by atoms with Crippen LogP contribution in [-0.2, 0) is 6.61 Å². The van der Waals surface area contributed by atoms with Crippen LogP contribution < -0.4 is 9.47 Å². The Labute approximate surface area is 169 Å². The number of hydrogen-bond donors (Lipinski definition) is 0. The van der Waals surface area contributed by atoms with Gasteiger partial charge in [0, 0.05) is 23.1 Å². The zero-order valence-electron chi connectivity index (χ0n) is 15.0. The van der Waals surface area contributed by atoms with Crippen molar-refractivity contribution in [2.75, 3.05) is 19.7 Å². The van der Waals surface area contributed by atoms with E-state index in [2.05, 4.69) is 20.8 Å². The van der Waals surface area contributed by atoms with E-state index in [9.17, 15) is 0 Å². The molecule has 0 amide bonds. The lowest BCUT2D eigenvalue weighted by molar-refractivity contribution is 0.269. The van der Waals surface area contributed by atoms with E-state index in [0.29, 0.717) is 13.2 Å². The highest BCUT2D eigenvalue weighted by molar-refractivity contribution is 9.10. The summed E-state index contributed by atoms with van der Waals surface area (Å²) in [5, 5.41) is 0. The van der Waals surface area contributed by atoms with Crippen LogP contribution in [0.5, 0.6) is 11.5 Å². The van der Waals surface area contributed by atoms with Gasteiger partial charge in [0.05, 0.1) is 6.61 Å². The minimum Gasteiger partial charge on any atom is -0.490 e. The maximum Gasteiger partial charge on any atom is 0.161 e. The van der Waals surface area contributed by atoms with E-state index in [4.69, 9.17) is 21.7 Å². The van der Waals surface area contributed by atoms with Crippen LogP contribution in [0, 0.1) is 0 Å². The van der Waals surface area contributed by atoms with Crippen molar-refractivity contribution in [1.29, 1.82) is 0 Å². The highest BCUT2D eigenvalue weighted by Gasteiger charge is 2.17. The van der Waals surface area contributed by atoms with Crippen LogP contribution in [0.25, 0.3) is 0 Å². The molecule has 1 heterocycles. The standard InChI is InChI=1S/C21H24BrNO2S/c1-2-24-20-14-17(21(26)23-12-4-3-5-13-23)8-11-19(20)25-15-16-6-9-18(22)10-7-16/h6-11,14H,2-5,12-13,15H2,1H3. The summed E-state index contributed by atoms with van der Waals surface area (Å²) in [6.45, 7) is 5.17. The fourth-order valence-electron chi connectivity index (χ4n) is 3.05. The molecule has 138 valence electrons. The second-order valence-corrected chi connectivity index (χ2v) is 7.66. The third-order valence-electron chi connectivity index (χ3n) is 4.44. The first-order chi connectivity index (χ1) is 12.7. The Morgan fingerprint density at radius 1 is 1.00 bits per heavy atom. The number of likely N-dealkylation sites (tertiary alicyclic amines) is 1. The number of halogens is 1. The van der Waals surface area contributed by atoms with Crippen molar-refractivity contribution in [2.24, 2.45) is 0 Å². The maximum atomic E-state index is 6.00. The molecule has 0 aliphatic carbocycles. The van der Waals surface area contributed by atoms with Gasteiger partial charge in [-0.1, -0.05) is 40.3 Å². The van der Waals surface area contributed by atoms with Crippen molar-refractivity contribution in [2.45, 2.75) is 32.8 Å². The van der Waals surface area contributed by atoms with Gasteiger partial charge in [-0.05, 0) is 62.1 Å². The molecule has 26 heavy (non-hydrogen) atoms. The molecule has 3 rings (SSSR count). The molecule has 0 aromatic heterocycles. The van der Waals surface area contributed by atoms with Crippen molar-refractivity contribution in [1.82, 2.24) is 4.90 Å². The van der Waals surface area contributed by atoms with E-state index >= 15 is 0 Å². The molecule has 0 radical (unpaired) electrons. The Bertz CT molecular complexity index is 742. The van der Waals surface area contributed by atoms with E-state index in [-0.39, 0.29) is 0 Å². The summed E-state index contributed by atoms with van der Waals surface area (Å²) in [7, 11) is 0. The number of thiocarbonyl (C=S) groups is 1. The third kappa shape index (κ3) is 4.98. The maximum absolute atomic E-state index is 6.00. The molecule has 0 bridgehead atoms. The Morgan fingerprint density at radius 3 is 2.42 bits per heavy atom. The molecule has 0 atom stereocenters. The first-order valence-electron chi connectivity index (χ1n) is 9.10. The SMILES string of the molecule is CCOc1cc(C(=S)N2CCCCC2)ccc1OCc1ccc(Br)cc1. The summed E-state index contributed by atoms with van der Waals surface area (Å²) < 4.78 is 12.9. The van der Waals surface area contributed by atoms with Crippen LogP contribution >= 0.6 is 28.1 Å². The minimum atomic E-state index is 0.503. The summed E-state index contributed by atoms with van der Waals surface area (Å²) in [6.07, 6.45) is 3.73. The molecule has 1 aliphatic heterocycles. The molecular weight excluding hydrogens is 410 g/mol. The van der Waals surface area contributed by atoms with Crippen LogP contribution in [0.4, 0.5) is 0 Å². The molecule has 1 saturated heterocycles. The molecule has 0 spiro atoms. The highest BCUT2D eigenvalue weighted by atomic mass is 79.9. The van der Waals surface area contributed by atoms with Crippen LogP contribution in [0.2, 0.25) is 0 Å². The molecule has 2 aromatic carbocycles. The van der Waals surface area contributed by atoms with Crippen molar-refractivity contribution >= 4 is 33.1 Å². The quantitative estimate of drug-likeness (QED) is 0.553. The van der Waals surface area contributed by atoms with E-state index in [1.54, 1.807) is 0 Å². The predicted molar refractivity (Wildman–Crippen MR) is 113 cm³/mol.